The standard InChI is InChI=1S/C20H20N2.C2H6S.4CH3.2BrH.2Pt/c1-3-9-17(10-4-1)15-21-19-13-7-8-14-20(19)22-16-18-11-5-2-6-12-18;1-3-2;;;;;;;;/h1-6,9,11,15-16,19-20H,7-8,13-14H2;1-2H3;4*1H3;2*1H;;/q-2;;4*-1;;;2*+1/p-2/t19-,20-;;;;;;;;;/m0........./s1. The minimum Gasteiger partial charge on any atom is -0.358 e. The molecule has 0 bridgehead atoms. The number of benzene rings is 2. The van der Waals surface area contributed by atoms with Gasteiger partial charge >= 0.3 is 62.1 Å². The zero-order valence-electron chi connectivity index (χ0n) is 20.4. The summed E-state index contributed by atoms with van der Waals surface area (Å²) < 4.78 is 0. The van der Waals surface area contributed by atoms with E-state index in [0.29, 0.717) is 0 Å². The Morgan fingerprint density at radius 1 is 0.758 bits per heavy atom. The molecule has 198 valence electrons. The van der Waals surface area contributed by atoms with Crippen molar-refractivity contribution in [2.45, 2.75) is 37.8 Å². The Balaban J connectivity index is -0.000000216. The molecule has 1 aliphatic carbocycles. The van der Waals surface area contributed by atoms with Crippen LogP contribution in [0.25, 0.3) is 0 Å². The smallest absolute Gasteiger partial charge is 0.0607 e. The van der Waals surface area contributed by atoms with E-state index in [1.54, 1.807) is 11.8 Å². The molecule has 0 aromatic heterocycles. The molecule has 0 amide bonds. The van der Waals surface area contributed by atoms with Gasteiger partial charge in [0.05, 0.1) is 12.1 Å². The van der Waals surface area contributed by atoms with Gasteiger partial charge in [-0.15, -0.1) is 71.8 Å². The van der Waals surface area contributed by atoms with E-state index in [2.05, 4.69) is 38.7 Å². The van der Waals surface area contributed by atoms with Gasteiger partial charge in [0, 0.05) is 0 Å². The molecule has 0 spiro atoms. The molecule has 0 aliphatic heterocycles. The Morgan fingerprint density at radius 3 is 1.36 bits per heavy atom. The first-order valence-corrected chi connectivity index (χ1v) is 20.5. The van der Waals surface area contributed by atoms with Gasteiger partial charge in [-0.05, 0) is 25.4 Å². The summed E-state index contributed by atoms with van der Waals surface area (Å²) in [5.41, 5.74) is 2.07. The van der Waals surface area contributed by atoms with Crippen molar-refractivity contribution < 1.29 is 35.5 Å². The predicted molar refractivity (Wildman–Crippen MR) is 155 cm³/mol. The summed E-state index contributed by atoms with van der Waals surface area (Å²) in [6, 6.07) is 22.8. The van der Waals surface area contributed by atoms with Crippen LogP contribution in [-0.2, 0) is 35.5 Å². The van der Waals surface area contributed by atoms with Gasteiger partial charge in [0.25, 0.3) is 0 Å². The molecule has 2 aromatic rings. The van der Waals surface area contributed by atoms with Gasteiger partial charge in [-0.25, -0.2) is 0 Å². The Labute approximate surface area is 245 Å². The van der Waals surface area contributed by atoms with Crippen LogP contribution in [0, 0.1) is 41.8 Å². The maximum Gasteiger partial charge on any atom is 0.0607 e. The second-order valence-electron chi connectivity index (χ2n) is 6.02. The van der Waals surface area contributed by atoms with E-state index in [-0.39, 0.29) is 41.8 Å². The summed E-state index contributed by atoms with van der Waals surface area (Å²) in [6.07, 6.45) is 12.7. The van der Waals surface area contributed by atoms with Gasteiger partial charge in [-0.1, -0.05) is 25.3 Å². The molecule has 2 aromatic carbocycles. The van der Waals surface area contributed by atoms with E-state index >= 15 is 0 Å². The van der Waals surface area contributed by atoms with Crippen molar-refractivity contribution in [3.8, 4) is 0 Å². The monoisotopic (exact) mass is 958 g/mol. The van der Waals surface area contributed by atoms with Crippen molar-refractivity contribution >= 4 is 50.8 Å². The third-order valence-corrected chi connectivity index (χ3v) is 3.97. The first kappa shape index (κ1) is 43.5. The van der Waals surface area contributed by atoms with E-state index < -0.39 is 0 Å². The first-order valence-electron chi connectivity index (χ1n) is 8.97. The van der Waals surface area contributed by atoms with Crippen molar-refractivity contribution in [3.05, 3.63) is 101 Å². The van der Waals surface area contributed by atoms with Gasteiger partial charge in [0.1, 0.15) is 0 Å². The van der Waals surface area contributed by atoms with E-state index in [9.17, 15) is 0 Å². The van der Waals surface area contributed by atoms with Gasteiger partial charge in [0.15, 0.2) is 0 Å². The fourth-order valence-corrected chi connectivity index (χ4v) is 2.77. The second kappa shape index (κ2) is 32.5. The van der Waals surface area contributed by atoms with Crippen LogP contribution < -0.4 is 0 Å². The number of hydrogen-bond donors (Lipinski definition) is 0. The van der Waals surface area contributed by atoms with Crippen LogP contribution in [0.1, 0.15) is 36.8 Å². The summed E-state index contributed by atoms with van der Waals surface area (Å²) in [5.74, 6) is 0. The Hall–Kier alpha value is 0.467. The summed E-state index contributed by atoms with van der Waals surface area (Å²) in [7, 11) is 0. The number of nitrogens with zero attached hydrogens (tertiary/aromatic N) is 2. The quantitative estimate of drug-likeness (QED) is 0.223. The molecule has 0 saturated heterocycles. The third-order valence-electron chi connectivity index (χ3n) is 3.97. The zero-order chi connectivity index (χ0) is 21.7. The molecule has 2 atom stereocenters. The number of halogens is 2. The summed E-state index contributed by atoms with van der Waals surface area (Å²) in [6.45, 7) is 0. The van der Waals surface area contributed by atoms with Crippen molar-refractivity contribution in [1.82, 2.24) is 0 Å². The molecular weight excluding hydrogens is 922 g/mol. The summed E-state index contributed by atoms with van der Waals surface area (Å²) >= 11 is 11.5. The maximum absolute atomic E-state index is 4.77. The first-order chi connectivity index (χ1) is 14.3. The number of rotatable bonds is 4. The molecular formula is C26H38Br2N2Pt2S-6. The minimum absolute atomic E-state index is 0. The maximum atomic E-state index is 4.77. The molecule has 0 unspecified atom stereocenters. The van der Waals surface area contributed by atoms with E-state index in [0.717, 1.165) is 24.0 Å². The molecule has 0 N–H and O–H groups in total. The number of thioether (sulfide) groups is 1. The van der Waals surface area contributed by atoms with Crippen LogP contribution in [0.3, 0.4) is 0 Å². The van der Waals surface area contributed by atoms with Crippen LogP contribution in [0.15, 0.2) is 58.5 Å². The molecule has 1 aliphatic rings. The fraction of sp³-hybridized carbons (Fsp3) is 0.308. The molecule has 1 fully saturated rings. The fourth-order valence-electron chi connectivity index (χ4n) is 2.77. The van der Waals surface area contributed by atoms with Crippen LogP contribution in [0.2, 0.25) is 0 Å². The van der Waals surface area contributed by atoms with Crippen molar-refractivity contribution in [2.24, 2.45) is 9.98 Å². The van der Waals surface area contributed by atoms with E-state index in [1.807, 2.05) is 109 Å². The topological polar surface area (TPSA) is 24.7 Å². The Bertz CT molecular complexity index is 602. The van der Waals surface area contributed by atoms with E-state index in [4.69, 9.17) is 9.98 Å². The van der Waals surface area contributed by atoms with Crippen LogP contribution in [0.5, 0.6) is 0 Å². The molecule has 0 heterocycles. The van der Waals surface area contributed by atoms with Crippen molar-refractivity contribution in [2.75, 3.05) is 12.5 Å². The molecule has 7 heteroatoms. The molecule has 0 radical (unpaired) electrons. The van der Waals surface area contributed by atoms with Gasteiger partial charge in [-0.2, -0.15) is 11.8 Å². The summed E-state index contributed by atoms with van der Waals surface area (Å²) in [5, 5.41) is 0. The zero-order valence-corrected chi connectivity index (χ0v) is 29.0. The largest absolute Gasteiger partial charge is 0.358 e. The average Bonchev–Trinajstić information content (AvgIpc) is 2.81. The van der Waals surface area contributed by atoms with Crippen molar-refractivity contribution in [3.63, 3.8) is 0 Å². The predicted octanol–water partition coefficient (Wildman–Crippen LogP) is 8.60. The van der Waals surface area contributed by atoms with Crippen molar-refractivity contribution in [1.29, 1.82) is 0 Å². The SMILES string of the molecule is CSC.[Br][Pt].[Br][Pt].[CH3-].[CH3-].[CH3-].[CH3-].[c-]1ccccc1C=N[C@H]1CCCC[C@@H]1N=Cc1[c-]cccc1. The van der Waals surface area contributed by atoms with Crippen LogP contribution in [0.4, 0.5) is 0 Å². The Morgan fingerprint density at radius 2 is 1.09 bits per heavy atom. The normalized spacial score (nSPS) is 15.9. The number of hydrogen-bond acceptors (Lipinski definition) is 3. The van der Waals surface area contributed by atoms with Crippen LogP contribution in [-0.4, -0.2) is 37.0 Å². The minimum atomic E-state index is 0. The van der Waals surface area contributed by atoms with Gasteiger partial charge in [0.2, 0.25) is 0 Å². The number of aliphatic imine (C=N–C) groups is 2. The molecule has 33 heavy (non-hydrogen) atoms. The van der Waals surface area contributed by atoms with Gasteiger partial charge < -0.3 is 39.7 Å². The van der Waals surface area contributed by atoms with E-state index in [1.165, 1.54) is 12.8 Å². The van der Waals surface area contributed by atoms with Crippen LogP contribution >= 0.6 is 38.4 Å². The second-order valence-corrected chi connectivity index (χ2v) is 6.84. The third kappa shape index (κ3) is 21.5. The molecule has 1 saturated carbocycles. The average molecular weight is 961 g/mol. The van der Waals surface area contributed by atoms with Gasteiger partial charge in [-0.3, -0.25) is 0 Å². The summed E-state index contributed by atoms with van der Waals surface area (Å²) in [4.78, 5) is 9.53. The Kier molecular flexibility index (Phi) is 42.8. The molecule has 3 rings (SSSR count). The molecule has 2 nitrogen and oxygen atoms in total.